The molecule has 2 atom stereocenters. The smallest absolute Gasteiger partial charge is 0.416 e. The molecule has 2 aliphatic heterocycles. The lowest BCUT2D eigenvalue weighted by Crippen LogP contribution is -2.28. The van der Waals surface area contributed by atoms with Crippen LogP contribution in [0.25, 0.3) is 0 Å². The van der Waals surface area contributed by atoms with Gasteiger partial charge in [-0.15, -0.1) is 0 Å². The molecule has 1 saturated heterocycles. The molecular formula is C21H20F3N3O4S2. The first kappa shape index (κ1) is 23.4. The quantitative estimate of drug-likeness (QED) is 0.593. The third kappa shape index (κ3) is 5.99. The highest BCUT2D eigenvalue weighted by Gasteiger charge is 2.42. The van der Waals surface area contributed by atoms with Crippen LogP contribution < -0.4 is 15.4 Å². The van der Waals surface area contributed by atoms with Gasteiger partial charge in [0.25, 0.3) is 5.91 Å². The van der Waals surface area contributed by atoms with Gasteiger partial charge in [-0.25, -0.2) is 8.42 Å². The summed E-state index contributed by atoms with van der Waals surface area (Å²) in [5.74, 6) is -0.129. The fourth-order valence-electron chi connectivity index (χ4n) is 3.48. The van der Waals surface area contributed by atoms with E-state index in [1.165, 1.54) is 23.9 Å². The number of nitrogens with one attached hydrogen (secondary N) is 2. The number of hydrogen-bond acceptors (Lipinski definition) is 7. The molecule has 0 aliphatic carbocycles. The van der Waals surface area contributed by atoms with Crippen LogP contribution in [0, 0.1) is 0 Å². The van der Waals surface area contributed by atoms with E-state index in [9.17, 15) is 26.4 Å². The van der Waals surface area contributed by atoms with E-state index in [0.29, 0.717) is 16.4 Å². The molecule has 2 heterocycles. The van der Waals surface area contributed by atoms with E-state index in [1.807, 2.05) is 0 Å². The molecule has 2 aromatic carbocycles. The summed E-state index contributed by atoms with van der Waals surface area (Å²) in [6.45, 7) is 0.108. The highest BCUT2D eigenvalue weighted by molar-refractivity contribution is 8.15. The van der Waals surface area contributed by atoms with Crippen molar-refractivity contribution >= 4 is 38.4 Å². The van der Waals surface area contributed by atoms with E-state index >= 15 is 0 Å². The molecule has 2 aliphatic rings. The van der Waals surface area contributed by atoms with Crippen molar-refractivity contribution in [2.45, 2.75) is 17.5 Å². The van der Waals surface area contributed by atoms with Crippen LogP contribution in [0.1, 0.15) is 15.9 Å². The Balaban J connectivity index is 1.27. The zero-order chi connectivity index (χ0) is 23.6. The van der Waals surface area contributed by atoms with Crippen LogP contribution in [-0.2, 0) is 16.0 Å². The molecule has 0 unspecified atom stereocenters. The van der Waals surface area contributed by atoms with Crippen molar-refractivity contribution in [3.8, 4) is 5.75 Å². The minimum atomic E-state index is -4.45. The average molecular weight is 500 g/mol. The minimum Gasteiger partial charge on any atom is -0.492 e. The number of rotatable bonds is 6. The van der Waals surface area contributed by atoms with E-state index in [0.717, 1.165) is 12.1 Å². The number of alkyl halides is 3. The Morgan fingerprint density at radius 3 is 2.70 bits per heavy atom. The largest absolute Gasteiger partial charge is 0.492 e. The highest BCUT2D eigenvalue weighted by Crippen LogP contribution is 2.34. The van der Waals surface area contributed by atoms with Crippen LogP contribution in [0.3, 0.4) is 0 Å². The second kappa shape index (κ2) is 9.26. The molecule has 2 N–H and O–H groups in total. The Morgan fingerprint density at radius 1 is 1.15 bits per heavy atom. The van der Waals surface area contributed by atoms with Crippen LogP contribution >= 0.6 is 11.8 Å². The molecule has 2 aromatic rings. The third-order valence-electron chi connectivity index (χ3n) is 5.01. The molecular weight excluding hydrogens is 479 g/mol. The van der Waals surface area contributed by atoms with Gasteiger partial charge in [-0.2, -0.15) is 13.2 Å². The molecule has 12 heteroatoms. The standard InChI is InChI=1S/C21H20F3N3O4S2/c22-21(23,24)14-4-2-6-16(10-14)31-8-7-25-19(28)13-3-1-5-15(9-13)26-20-27-17-11-33(29,30)12-18(17)32-20/h1-6,9-10,17-18H,7-8,11-12H2,(H,25,28)(H,26,27)/t17-,18-/m1/s1. The third-order valence-corrected chi connectivity index (χ3v) is 8.15. The second-order valence-corrected chi connectivity index (χ2v) is 11.0. The summed E-state index contributed by atoms with van der Waals surface area (Å²) in [4.78, 5) is 16.8. The molecule has 176 valence electrons. The molecule has 0 bridgehead atoms. The van der Waals surface area contributed by atoms with Crippen molar-refractivity contribution < 1.29 is 31.1 Å². The summed E-state index contributed by atoms with van der Waals surface area (Å²) in [5.41, 5.74) is 0.214. The number of carbonyl (C=O) groups excluding carboxylic acids is 1. The van der Waals surface area contributed by atoms with Crippen molar-refractivity contribution in [1.82, 2.24) is 5.32 Å². The Morgan fingerprint density at radius 2 is 1.94 bits per heavy atom. The van der Waals surface area contributed by atoms with Gasteiger partial charge >= 0.3 is 6.18 Å². The van der Waals surface area contributed by atoms with Crippen molar-refractivity contribution in [3.05, 3.63) is 59.7 Å². The van der Waals surface area contributed by atoms with Gasteiger partial charge in [-0.3, -0.25) is 9.79 Å². The van der Waals surface area contributed by atoms with Crippen molar-refractivity contribution in [3.63, 3.8) is 0 Å². The Hall–Kier alpha value is -2.73. The van der Waals surface area contributed by atoms with Crippen LogP contribution in [0.5, 0.6) is 5.75 Å². The molecule has 0 saturated carbocycles. The predicted octanol–water partition coefficient (Wildman–Crippen LogP) is 3.19. The molecule has 1 fully saturated rings. The lowest BCUT2D eigenvalue weighted by Gasteiger charge is -2.11. The summed E-state index contributed by atoms with van der Waals surface area (Å²) < 4.78 is 66.9. The van der Waals surface area contributed by atoms with E-state index < -0.39 is 21.6 Å². The molecule has 33 heavy (non-hydrogen) atoms. The summed E-state index contributed by atoms with van der Waals surface area (Å²) in [6, 6.07) is 11.0. The first-order valence-electron chi connectivity index (χ1n) is 9.99. The van der Waals surface area contributed by atoms with Crippen molar-refractivity contribution in [2.24, 2.45) is 4.99 Å². The predicted molar refractivity (Wildman–Crippen MR) is 121 cm³/mol. The van der Waals surface area contributed by atoms with Gasteiger partial charge in [0.1, 0.15) is 12.4 Å². The van der Waals surface area contributed by atoms with Gasteiger partial charge in [0.2, 0.25) is 0 Å². The number of sulfone groups is 1. The molecule has 0 spiro atoms. The molecule has 1 amide bonds. The van der Waals surface area contributed by atoms with Crippen LogP contribution in [0.2, 0.25) is 0 Å². The topological polar surface area (TPSA) is 96.9 Å². The number of hydrogen-bond donors (Lipinski definition) is 2. The van der Waals surface area contributed by atoms with Crippen LogP contribution in [-0.4, -0.2) is 55.4 Å². The minimum absolute atomic E-state index is 0.00409. The number of fused-ring (bicyclic) bond motifs is 1. The van der Waals surface area contributed by atoms with Gasteiger partial charge in [0, 0.05) is 16.5 Å². The molecule has 7 nitrogen and oxygen atoms in total. The number of thioether (sulfide) groups is 1. The SMILES string of the molecule is O=C(NCCOc1cccc(C(F)(F)F)c1)c1cccc(NC2=N[C@@H]3CS(=O)(=O)C[C@H]3S2)c1. The monoisotopic (exact) mass is 499 g/mol. The number of benzene rings is 2. The fraction of sp³-hybridized carbons (Fsp3) is 0.333. The summed E-state index contributed by atoms with van der Waals surface area (Å²) in [5, 5.41) is 6.32. The number of aliphatic imine (C=N–C) groups is 1. The average Bonchev–Trinajstić information content (AvgIpc) is 3.23. The number of amides is 1. The molecule has 0 aromatic heterocycles. The van der Waals surface area contributed by atoms with Gasteiger partial charge in [0.05, 0.1) is 29.7 Å². The number of carbonyl (C=O) groups is 1. The Kier molecular flexibility index (Phi) is 6.57. The summed E-state index contributed by atoms with van der Waals surface area (Å²) in [7, 11) is -3.03. The number of anilines is 1. The van der Waals surface area contributed by atoms with E-state index in [2.05, 4.69) is 15.6 Å². The molecule has 0 radical (unpaired) electrons. The number of halogens is 3. The van der Waals surface area contributed by atoms with E-state index in [-0.39, 0.29) is 47.6 Å². The first-order chi connectivity index (χ1) is 15.6. The lowest BCUT2D eigenvalue weighted by molar-refractivity contribution is -0.137. The Bertz CT molecular complexity index is 1190. The zero-order valence-electron chi connectivity index (χ0n) is 17.1. The van der Waals surface area contributed by atoms with Gasteiger partial charge < -0.3 is 15.4 Å². The lowest BCUT2D eigenvalue weighted by atomic mass is 10.2. The van der Waals surface area contributed by atoms with Crippen molar-refractivity contribution in [2.75, 3.05) is 30.0 Å². The van der Waals surface area contributed by atoms with E-state index in [1.54, 1.807) is 24.3 Å². The number of ether oxygens (including phenoxy) is 1. The maximum absolute atomic E-state index is 12.7. The summed E-state index contributed by atoms with van der Waals surface area (Å²) >= 11 is 1.38. The van der Waals surface area contributed by atoms with Crippen LogP contribution in [0.15, 0.2) is 53.5 Å². The zero-order valence-corrected chi connectivity index (χ0v) is 18.8. The number of amidine groups is 1. The Labute approximate surface area is 192 Å². The van der Waals surface area contributed by atoms with Gasteiger partial charge in [0.15, 0.2) is 15.0 Å². The van der Waals surface area contributed by atoms with Gasteiger partial charge in [-0.05, 0) is 36.4 Å². The molecule has 4 rings (SSSR count). The second-order valence-electron chi connectivity index (χ2n) is 7.57. The number of nitrogens with zero attached hydrogens (tertiary/aromatic N) is 1. The van der Waals surface area contributed by atoms with Crippen LogP contribution in [0.4, 0.5) is 18.9 Å². The summed E-state index contributed by atoms with van der Waals surface area (Å²) in [6.07, 6.45) is -4.45. The first-order valence-corrected chi connectivity index (χ1v) is 12.7. The van der Waals surface area contributed by atoms with E-state index in [4.69, 9.17) is 4.74 Å². The van der Waals surface area contributed by atoms with Gasteiger partial charge in [-0.1, -0.05) is 23.9 Å². The highest BCUT2D eigenvalue weighted by atomic mass is 32.2. The maximum atomic E-state index is 12.7. The van der Waals surface area contributed by atoms with Crippen molar-refractivity contribution in [1.29, 1.82) is 0 Å². The maximum Gasteiger partial charge on any atom is 0.416 e. The fourth-order valence-corrected chi connectivity index (χ4v) is 7.15. The normalized spacial score (nSPS) is 21.2.